The first-order chi connectivity index (χ1) is 15.2. The highest BCUT2D eigenvalue weighted by atomic mass is 32.2. The molecule has 4 rings (SSSR count). The number of thioether (sulfide) groups is 1. The van der Waals surface area contributed by atoms with Gasteiger partial charge < -0.3 is 10.1 Å². The molecule has 0 saturated heterocycles. The van der Waals surface area contributed by atoms with E-state index in [9.17, 15) is 4.79 Å². The van der Waals surface area contributed by atoms with Gasteiger partial charge in [0, 0.05) is 6.54 Å². The van der Waals surface area contributed by atoms with Crippen LogP contribution in [-0.2, 0) is 17.8 Å². The minimum Gasteiger partial charge on any atom is -0.496 e. The number of amides is 1. The van der Waals surface area contributed by atoms with E-state index < -0.39 is 0 Å². The topological polar surface area (TPSA) is 69.0 Å². The Kier molecular flexibility index (Phi) is 6.72. The fourth-order valence-electron chi connectivity index (χ4n) is 3.99. The minimum atomic E-state index is -0.00121. The maximum Gasteiger partial charge on any atom is 0.230 e. The van der Waals surface area contributed by atoms with Crippen molar-refractivity contribution in [3.8, 4) is 17.1 Å². The summed E-state index contributed by atoms with van der Waals surface area (Å²) < 4.78 is 7.43. The van der Waals surface area contributed by atoms with Gasteiger partial charge >= 0.3 is 0 Å². The quantitative estimate of drug-likeness (QED) is 0.420. The first kappa shape index (κ1) is 21.2. The van der Waals surface area contributed by atoms with Gasteiger partial charge in [-0.3, -0.25) is 9.36 Å². The Morgan fingerprint density at radius 3 is 2.90 bits per heavy atom. The fraction of sp³-hybridized carbons (Fsp3) is 0.292. The number of hydrogen-bond acceptors (Lipinski definition) is 5. The summed E-state index contributed by atoms with van der Waals surface area (Å²) in [5, 5.41) is 12.6. The van der Waals surface area contributed by atoms with E-state index >= 15 is 0 Å². The highest BCUT2D eigenvalue weighted by Gasteiger charge is 2.22. The molecule has 1 heterocycles. The van der Waals surface area contributed by atoms with Crippen LogP contribution in [0, 0.1) is 0 Å². The molecule has 6 nitrogen and oxygen atoms in total. The molecule has 1 aliphatic rings. The van der Waals surface area contributed by atoms with Crippen molar-refractivity contribution in [3.05, 3.63) is 72.3 Å². The maximum absolute atomic E-state index is 12.7. The predicted octanol–water partition coefficient (Wildman–Crippen LogP) is 4.43. The van der Waals surface area contributed by atoms with E-state index in [1.54, 1.807) is 13.2 Å². The molecule has 1 atom stereocenters. The largest absolute Gasteiger partial charge is 0.496 e. The molecule has 1 aromatic heterocycles. The second-order valence-corrected chi connectivity index (χ2v) is 8.35. The summed E-state index contributed by atoms with van der Waals surface area (Å²) in [5.74, 6) is 1.70. The van der Waals surface area contributed by atoms with Crippen LogP contribution in [0.2, 0.25) is 0 Å². The Morgan fingerprint density at radius 2 is 2.06 bits per heavy atom. The molecule has 0 fully saturated rings. The van der Waals surface area contributed by atoms with Gasteiger partial charge in [0.1, 0.15) is 5.75 Å². The number of benzene rings is 2. The first-order valence-corrected chi connectivity index (χ1v) is 11.4. The third-order valence-corrected chi connectivity index (χ3v) is 6.38. The van der Waals surface area contributed by atoms with Crippen LogP contribution in [0.15, 0.2) is 66.3 Å². The van der Waals surface area contributed by atoms with Crippen molar-refractivity contribution in [2.75, 3.05) is 12.9 Å². The normalized spacial score (nSPS) is 15.2. The average molecular weight is 435 g/mol. The number of nitrogens with one attached hydrogen (secondary N) is 1. The first-order valence-electron chi connectivity index (χ1n) is 10.4. The number of aromatic nitrogens is 3. The molecule has 1 amide bonds. The molecular formula is C24H26N4O2S. The molecule has 0 bridgehead atoms. The summed E-state index contributed by atoms with van der Waals surface area (Å²) in [7, 11) is 1.64. The van der Waals surface area contributed by atoms with E-state index in [4.69, 9.17) is 4.74 Å². The lowest BCUT2D eigenvalue weighted by atomic mass is 9.88. The van der Waals surface area contributed by atoms with E-state index in [0.29, 0.717) is 17.5 Å². The average Bonchev–Trinajstić information content (AvgIpc) is 3.20. The van der Waals surface area contributed by atoms with Gasteiger partial charge in [-0.1, -0.05) is 54.2 Å². The highest BCUT2D eigenvalue weighted by molar-refractivity contribution is 7.99. The Bertz CT molecular complexity index is 1080. The molecule has 160 valence electrons. The molecule has 2 aromatic carbocycles. The molecule has 1 aliphatic carbocycles. The predicted molar refractivity (Wildman–Crippen MR) is 123 cm³/mol. The molecule has 0 saturated carbocycles. The Labute approximate surface area is 186 Å². The molecule has 0 aliphatic heterocycles. The number of ether oxygens (including phenoxy) is 1. The number of methoxy groups -OCH3 is 1. The molecule has 0 unspecified atom stereocenters. The number of aryl methyl sites for hydroxylation is 1. The standard InChI is InChI=1S/C24H26N4O2S/c1-3-15-28-23(19-12-6-7-14-21(19)30-2)26-27-24(28)31-16-22(29)25-20-13-8-10-17-9-4-5-11-18(17)20/h3-7,9,11-12,14,20H,1,8,10,13,15-16H2,2H3,(H,25,29)/t20-/m0/s1. The summed E-state index contributed by atoms with van der Waals surface area (Å²) in [6, 6.07) is 16.1. The fourth-order valence-corrected chi connectivity index (χ4v) is 4.75. The van der Waals surface area contributed by atoms with Crippen LogP contribution >= 0.6 is 11.8 Å². The lowest BCUT2D eigenvalue weighted by Gasteiger charge is -2.26. The molecule has 1 N–H and O–H groups in total. The van der Waals surface area contributed by atoms with Crippen LogP contribution in [0.5, 0.6) is 5.75 Å². The zero-order valence-corrected chi connectivity index (χ0v) is 18.4. The monoisotopic (exact) mass is 434 g/mol. The van der Waals surface area contributed by atoms with E-state index in [2.05, 4.69) is 40.3 Å². The zero-order chi connectivity index (χ0) is 21.6. The third-order valence-electron chi connectivity index (χ3n) is 5.41. The number of carbonyl (C=O) groups is 1. The van der Waals surface area contributed by atoms with Gasteiger partial charge in [0.15, 0.2) is 11.0 Å². The number of para-hydroxylation sites is 1. The van der Waals surface area contributed by atoms with Gasteiger partial charge in [-0.05, 0) is 42.5 Å². The van der Waals surface area contributed by atoms with Gasteiger partial charge in [-0.25, -0.2) is 0 Å². The van der Waals surface area contributed by atoms with Crippen LogP contribution in [0.1, 0.15) is 30.0 Å². The van der Waals surface area contributed by atoms with Gasteiger partial charge in [-0.2, -0.15) is 0 Å². The Hall–Kier alpha value is -3.06. The van der Waals surface area contributed by atoms with Crippen LogP contribution in [-0.4, -0.2) is 33.5 Å². The third kappa shape index (κ3) is 4.66. The Balaban J connectivity index is 1.47. The van der Waals surface area contributed by atoms with Crippen molar-refractivity contribution in [1.29, 1.82) is 0 Å². The van der Waals surface area contributed by atoms with Gasteiger partial charge in [0.05, 0.1) is 24.5 Å². The molecule has 0 spiro atoms. The van der Waals surface area contributed by atoms with Crippen LogP contribution in [0.4, 0.5) is 0 Å². The molecule has 31 heavy (non-hydrogen) atoms. The molecule has 7 heteroatoms. The van der Waals surface area contributed by atoms with Gasteiger partial charge in [0.2, 0.25) is 5.91 Å². The summed E-state index contributed by atoms with van der Waals surface area (Å²) >= 11 is 1.38. The van der Waals surface area contributed by atoms with E-state index in [1.807, 2.05) is 34.9 Å². The number of carbonyl (C=O) groups excluding carboxylic acids is 1. The smallest absolute Gasteiger partial charge is 0.230 e. The van der Waals surface area contributed by atoms with Crippen molar-refractivity contribution in [3.63, 3.8) is 0 Å². The van der Waals surface area contributed by atoms with Crippen molar-refractivity contribution in [2.45, 2.75) is 37.0 Å². The van der Waals surface area contributed by atoms with Crippen LogP contribution < -0.4 is 10.1 Å². The second-order valence-electron chi connectivity index (χ2n) is 7.41. The summed E-state index contributed by atoms with van der Waals surface area (Å²) in [6.07, 6.45) is 4.93. The lowest BCUT2D eigenvalue weighted by molar-refractivity contribution is -0.119. The number of allylic oxidation sites excluding steroid dienone is 1. The number of nitrogens with zero attached hydrogens (tertiary/aromatic N) is 3. The number of rotatable bonds is 8. The maximum atomic E-state index is 12.7. The van der Waals surface area contributed by atoms with Gasteiger partial charge in [-0.15, -0.1) is 16.8 Å². The summed E-state index contributed by atoms with van der Waals surface area (Å²) in [5.41, 5.74) is 3.42. The van der Waals surface area contributed by atoms with Crippen molar-refractivity contribution in [1.82, 2.24) is 20.1 Å². The summed E-state index contributed by atoms with van der Waals surface area (Å²) in [4.78, 5) is 12.7. The molecule has 3 aromatic rings. The minimum absolute atomic E-state index is 0.00121. The number of fused-ring (bicyclic) bond motifs is 1. The zero-order valence-electron chi connectivity index (χ0n) is 17.6. The molecular weight excluding hydrogens is 408 g/mol. The van der Waals surface area contributed by atoms with Crippen molar-refractivity contribution >= 4 is 17.7 Å². The lowest BCUT2D eigenvalue weighted by Crippen LogP contribution is -2.32. The van der Waals surface area contributed by atoms with E-state index in [-0.39, 0.29) is 17.7 Å². The highest BCUT2D eigenvalue weighted by Crippen LogP contribution is 2.32. The van der Waals surface area contributed by atoms with Crippen molar-refractivity contribution < 1.29 is 9.53 Å². The second kappa shape index (κ2) is 9.83. The molecule has 0 radical (unpaired) electrons. The van der Waals surface area contributed by atoms with Gasteiger partial charge in [0.25, 0.3) is 0 Å². The SMILES string of the molecule is C=CCn1c(SCC(=O)N[C@H]2CCCc3ccccc32)nnc1-c1ccccc1OC. The van der Waals surface area contributed by atoms with Crippen LogP contribution in [0.25, 0.3) is 11.4 Å². The van der Waals surface area contributed by atoms with Crippen molar-refractivity contribution in [2.24, 2.45) is 0 Å². The number of hydrogen-bond donors (Lipinski definition) is 1. The van der Waals surface area contributed by atoms with E-state index in [1.165, 1.54) is 22.9 Å². The van der Waals surface area contributed by atoms with Crippen LogP contribution in [0.3, 0.4) is 0 Å². The Morgan fingerprint density at radius 1 is 1.26 bits per heavy atom. The van der Waals surface area contributed by atoms with E-state index in [0.717, 1.165) is 30.6 Å². The summed E-state index contributed by atoms with van der Waals surface area (Å²) in [6.45, 7) is 4.39.